The number of rotatable bonds is 6. The molecule has 0 spiro atoms. The average Bonchev–Trinajstić information content (AvgIpc) is 2.68. The number of nitrogens with zero attached hydrogens (tertiary/aromatic N) is 1. The summed E-state index contributed by atoms with van der Waals surface area (Å²) < 4.78 is 10.6. The number of methoxy groups -OCH3 is 1. The van der Waals surface area contributed by atoms with Gasteiger partial charge in [0.2, 0.25) is 0 Å². The van der Waals surface area contributed by atoms with E-state index in [0.717, 1.165) is 10.8 Å². The summed E-state index contributed by atoms with van der Waals surface area (Å²) in [7, 11) is 1.53. The Morgan fingerprint density at radius 2 is 1.81 bits per heavy atom. The molecule has 0 aliphatic rings. The number of phenols is 1. The maximum Gasteiger partial charge on any atom is 0.277 e. The van der Waals surface area contributed by atoms with Gasteiger partial charge in [-0.05, 0) is 29.0 Å². The van der Waals surface area contributed by atoms with Gasteiger partial charge in [0.15, 0.2) is 18.1 Å². The lowest BCUT2D eigenvalue weighted by atomic mass is 10.0. The molecule has 0 atom stereocenters. The molecule has 2 N–H and O–H groups in total. The molecule has 0 fully saturated rings. The van der Waals surface area contributed by atoms with E-state index in [2.05, 4.69) is 10.5 Å². The van der Waals surface area contributed by atoms with Crippen LogP contribution in [0.5, 0.6) is 17.2 Å². The van der Waals surface area contributed by atoms with Gasteiger partial charge in [0.25, 0.3) is 5.91 Å². The number of amides is 1. The minimum atomic E-state index is -0.424. The number of fused-ring (bicyclic) bond motifs is 1. The summed E-state index contributed by atoms with van der Waals surface area (Å²) in [6.07, 6.45) is 1.42. The Morgan fingerprint density at radius 1 is 1.08 bits per heavy atom. The Labute approximate surface area is 150 Å². The molecular formula is C20H18N2O4. The number of aromatic hydroxyl groups is 1. The van der Waals surface area contributed by atoms with Gasteiger partial charge in [-0.2, -0.15) is 5.10 Å². The van der Waals surface area contributed by atoms with Crippen LogP contribution in [0.1, 0.15) is 5.56 Å². The minimum absolute atomic E-state index is 0.0898. The van der Waals surface area contributed by atoms with Crippen molar-refractivity contribution < 1.29 is 19.4 Å². The lowest BCUT2D eigenvalue weighted by Gasteiger charge is -2.09. The number of carbonyl (C=O) groups excluding carboxylic acids is 1. The molecule has 0 saturated heterocycles. The van der Waals surface area contributed by atoms with Crippen LogP contribution in [-0.2, 0) is 4.79 Å². The van der Waals surface area contributed by atoms with Crippen LogP contribution in [-0.4, -0.2) is 30.9 Å². The number of hydrogen-bond donors (Lipinski definition) is 2. The van der Waals surface area contributed by atoms with Crippen molar-refractivity contribution in [2.45, 2.75) is 0 Å². The second-order valence-electron chi connectivity index (χ2n) is 5.45. The largest absolute Gasteiger partial charge is 0.507 e. The van der Waals surface area contributed by atoms with Crippen LogP contribution < -0.4 is 14.9 Å². The number of benzene rings is 3. The number of hydrazone groups is 1. The fourth-order valence-corrected chi connectivity index (χ4v) is 2.50. The highest BCUT2D eigenvalue weighted by Gasteiger charge is 2.07. The van der Waals surface area contributed by atoms with E-state index in [1.807, 2.05) is 36.4 Å². The quantitative estimate of drug-likeness (QED) is 0.529. The SMILES string of the molecule is COc1ccccc1OCC(=O)N/N=C/c1c(O)ccc2ccccc12. The van der Waals surface area contributed by atoms with Gasteiger partial charge in [-0.3, -0.25) is 4.79 Å². The van der Waals surface area contributed by atoms with Gasteiger partial charge in [-0.1, -0.05) is 42.5 Å². The molecule has 1 amide bonds. The molecule has 0 unspecified atom stereocenters. The molecule has 3 rings (SSSR count). The van der Waals surface area contributed by atoms with Crippen molar-refractivity contribution >= 4 is 22.9 Å². The Morgan fingerprint density at radius 3 is 2.62 bits per heavy atom. The van der Waals surface area contributed by atoms with Crippen LogP contribution in [0.3, 0.4) is 0 Å². The molecule has 0 aliphatic carbocycles. The second-order valence-corrected chi connectivity index (χ2v) is 5.45. The summed E-state index contributed by atoms with van der Waals surface area (Å²) >= 11 is 0. The third kappa shape index (κ3) is 3.92. The van der Waals surface area contributed by atoms with E-state index >= 15 is 0 Å². The van der Waals surface area contributed by atoms with Crippen molar-refractivity contribution in [1.29, 1.82) is 0 Å². The molecule has 0 bridgehead atoms. The number of carbonyl (C=O) groups is 1. The first-order valence-corrected chi connectivity index (χ1v) is 7.97. The van der Waals surface area contributed by atoms with E-state index in [1.54, 1.807) is 24.3 Å². The first-order chi connectivity index (χ1) is 12.7. The van der Waals surface area contributed by atoms with Gasteiger partial charge >= 0.3 is 0 Å². The van der Waals surface area contributed by atoms with Gasteiger partial charge in [-0.25, -0.2) is 5.43 Å². The van der Waals surface area contributed by atoms with Gasteiger partial charge in [-0.15, -0.1) is 0 Å². The molecule has 0 aliphatic heterocycles. The summed E-state index contributed by atoms with van der Waals surface area (Å²) in [6, 6.07) is 18.1. The van der Waals surface area contributed by atoms with Crippen molar-refractivity contribution in [1.82, 2.24) is 5.43 Å². The highest BCUT2D eigenvalue weighted by Crippen LogP contribution is 2.26. The van der Waals surface area contributed by atoms with E-state index in [9.17, 15) is 9.90 Å². The summed E-state index contributed by atoms with van der Waals surface area (Å²) in [5, 5.41) is 15.8. The fraction of sp³-hybridized carbons (Fsp3) is 0.100. The maximum absolute atomic E-state index is 11.9. The summed E-state index contributed by atoms with van der Waals surface area (Å²) in [5.41, 5.74) is 2.92. The highest BCUT2D eigenvalue weighted by molar-refractivity contribution is 6.02. The van der Waals surface area contributed by atoms with Crippen LogP contribution in [0.4, 0.5) is 0 Å². The first kappa shape index (κ1) is 17.3. The molecule has 0 saturated carbocycles. The number of phenolic OH excluding ortho intramolecular Hbond substituents is 1. The van der Waals surface area contributed by atoms with Crippen molar-refractivity contribution in [3.8, 4) is 17.2 Å². The smallest absolute Gasteiger partial charge is 0.277 e. The van der Waals surface area contributed by atoms with Gasteiger partial charge in [0, 0.05) is 5.56 Å². The molecule has 0 aromatic heterocycles. The third-order valence-electron chi connectivity index (χ3n) is 3.76. The van der Waals surface area contributed by atoms with Crippen molar-refractivity contribution in [2.24, 2.45) is 5.10 Å². The van der Waals surface area contributed by atoms with Crippen LogP contribution in [0.15, 0.2) is 65.8 Å². The van der Waals surface area contributed by atoms with E-state index in [0.29, 0.717) is 17.1 Å². The Kier molecular flexibility index (Phi) is 5.34. The molecule has 26 heavy (non-hydrogen) atoms. The zero-order chi connectivity index (χ0) is 18.4. The van der Waals surface area contributed by atoms with Gasteiger partial charge in [0.1, 0.15) is 5.75 Å². The van der Waals surface area contributed by atoms with Crippen molar-refractivity contribution in [3.63, 3.8) is 0 Å². The Balaban J connectivity index is 1.64. The van der Waals surface area contributed by atoms with E-state index in [4.69, 9.17) is 9.47 Å². The second kappa shape index (κ2) is 8.02. The zero-order valence-electron chi connectivity index (χ0n) is 14.2. The lowest BCUT2D eigenvalue weighted by Crippen LogP contribution is -2.24. The van der Waals surface area contributed by atoms with Crippen molar-refractivity contribution in [2.75, 3.05) is 13.7 Å². The maximum atomic E-state index is 11.9. The molecule has 6 nitrogen and oxygen atoms in total. The summed E-state index contributed by atoms with van der Waals surface area (Å²) in [4.78, 5) is 11.9. The van der Waals surface area contributed by atoms with Gasteiger partial charge < -0.3 is 14.6 Å². The monoisotopic (exact) mass is 350 g/mol. The summed E-state index contributed by atoms with van der Waals surface area (Å²) in [5.74, 6) is 0.684. The fourth-order valence-electron chi connectivity index (χ4n) is 2.50. The summed E-state index contributed by atoms with van der Waals surface area (Å²) in [6.45, 7) is -0.209. The van der Waals surface area contributed by atoms with Gasteiger partial charge in [0.05, 0.1) is 13.3 Å². The minimum Gasteiger partial charge on any atom is -0.507 e. The zero-order valence-corrected chi connectivity index (χ0v) is 14.2. The molecule has 3 aromatic rings. The molecule has 132 valence electrons. The highest BCUT2D eigenvalue weighted by atomic mass is 16.5. The molecule has 6 heteroatoms. The Bertz CT molecular complexity index is 953. The van der Waals surface area contributed by atoms with E-state index in [1.165, 1.54) is 13.3 Å². The van der Waals surface area contributed by atoms with Crippen molar-refractivity contribution in [3.05, 3.63) is 66.2 Å². The number of hydrogen-bond acceptors (Lipinski definition) is 5. The third-order valence-corrected chi connectivity index (χ3v) is 3.76. The lowest BCUT2D eigenvalue weighted by molar-refractivity contribution is -0.123. The normalized spacial score (nSPS) is 10.8. The molecular weight excluding hydrogens is 332 g/mol. The molecule has 3 aromatic carbocycles. The van der Waals surface area contributed by atoms with Crippen LogP contribution in [0.2, 0.25) is 0 Å². The Hall–Kier alpha value is -3.54. The first-order valence-electron chi connectivity index (χ1n) is 7.97. The van der Waals surface area contributed by atoms with E-state index in [-0.39, 0.29) is 12.4 Å². The number of para-hydroxylation sites is 2. The molecule has 0 heterocycles. The topological polar surface area (TPSA) is 80.2 Å². The number of ether oxygens (including phenoxy) is 2. The standard InChI is InChI=1S/C20H18N2O4/c1-25-18-8-4-5-9-19(18)26-13-20(24)22-21-12-16-15-7-3-2-6-14(15)10-11-17(16)23/h2-12,23H,13H2,1H3,(H,22,24)/b21-12+. The average molecular weight is 350 g/mol. The molecule has 0 radical (unpaired) electrons. The predicted molar refractivity (Wildman–Crippen MR) is 99.8 cm³/mol. The predicted octanol–water partition coefficient (Wildman–Crippen LogP) is 3.08. The van der Waals surface area contributed by atoms with E-state index < -0.39 is 5.91 Å². The van der Waals surface area contributed by atoms with Crippen LogP contribution >= 0.6 is 0 Å². The van der Waals surface area contributed by atoms with Crippen LogP contribution in [0, 0.1) is 0 Å². The van der Waals surface area contributed by atoms with Crippen LogP contribution in [0.25, 0.3) is 10.8 Å². The number of nitrogens with one attached hydrogen (secondary N) is 1.